The monoisotopic (exact) mass is 449 g/mol. The molecule has 0 atom stereocenters. The van der Waals surface area contributed by atoms with Crippen molar-refractivity contribution in [1.82, 2.24) is 0 Å². The predicted octanol–water partition coefficient (Wildman–Crippen LogP) is 3.69. The van der Waals surface area contributed by atoms with Crippen LogP contribution in [0.3, 0.4) is 0 Å². The second-order valence-electron chi connectivity index (χ2n) is 7.20. The number of aromatic carboxylic acids is 4. The van der Waals surface area contributed by atoms with E-state index in [-0.39, 0.29) is 41.0 Å². The van der Waals surface area contributed by atoms with Gasteiger partial charge in [0.2, 0.25) is 0 Å². The van der Waals surface area contributed by atoms with E-state index in [0.29, 0.717) is 11.1 Å². The van der Waals surface area contributed by atoms with Crippen molar-refractivity contribution in [2.75, 3.05) is 4.90 Å². The first-order valence-corrected chi connectivity index (χ1v) is 9.65. The fourth-order valence-electron chi connectivity index (χ4n) is 3.28. The van der Waals surface area contributed by atoms with Gasteiger partial charge in [0.25, 0.3) is 0 Å². The molecule has 0 bridgehead atoms. The minimum atomic E-state index is -1.24. The van der Waals surface area contributed by atoms with Gasteiger partial charge in [-0.2, -0.15) is 0 Å². The predicted molar refractivity (Wildman–Crippen MR) is 117 cm³/mol. The van der Waals surface area contributed by atoms with Gasteiger partial charge in [0.1, 0.15) is 0 Å². The quantitative estimate of drug-likeness (QED) is 0.383. The van der Waals surface area contributed by atoms with Crippen LogP contribution >= 0.6 is 0 Å². The van der Waals surface area contributed by atoms with Crippen LogP contribution in [0.2, 0.25) is 0 Å². The number of carbonyl (C=O) groups is 4. The standard InChI is InChI=1S/C24H19NO8/c26-21(27)16-5-1-14(2-6-16)12-25(13-15-3-7-17(8-4-15)22(28)29)20-11-18(23(30)31)9-10-19(20)24(32)33/h1-11H,12-13H2,(H,26,27)(H,28,29)(H,30,31)(H,32,33). The number of carboxylic acids is 4. The molecule has 4 N–H and O–H groups in total. The van der Waals surface area contributed by atoms with Crippen molar-refractivity contribution in [2.45, 2.75) is 13.1 Å². The number of benzene rings is 3. The van der Waals surface area contributed by atoms with Crippen molar-refractivity contribution in [3.05, 3.63) is 100 Å². The largest absolute Gasteiger partial charge is 0.478 e. The number of hydrogen-bond acceptors (Lipinski definition) is 5. The zero-order valence-corrected chi connectivity index (χ0v) is 17.1. The van der Waals surface area contributed by atoms with E-state index in [4.69, 9.17) is 10.2 Å². The molecule has 0 heterocycles. The highest BCUT2D eigenvalue weighted by atomic mass is 16.4. The van der Waals surface area contributed by atoms with Gasteiger partial charge in [-0.1, -0.05) is 24.3 Å². The van der Waals surface area contributed by atoms with Crippen LogP contribution in [0.4, 0.5) is 5.69 Å². The van der Waals surface area contributed by atoms with Gasteiger partial charge in [0, 0.05) is 13.1 Å². The van der Waals surface area contributed by atoms with Crippen LogP contribution in [0.1, 0.15) is 52.6 Å². The Balaban J connectivity index is 2.05. The maximum Gasteiger partial charge on any atom is 0.337 e. The first-order chi connectivity index (χ1) is 15.7. The zero-order chi connectivity index (χ0) is 24.1. The molecule has 0 saturated carbocycles. The van der Waals surface area contributed by atoms with Gasteiger partial charge in [-0.25, -0.2) is 19.2 Å². The van der Waals surface area contributed by atoms with Crippen molar-refractivity contribution < 1.29 is 39.6 Å². The summed E-state index contributed by atoms with van der Waals surface area (Å²) in [7, 11) is 0. The lowest BCUT2D eigenvalue weighted by atomic mass is 10.0. The van der Waals surface area contributed by atoms with Crippen molar-refractivity contribution in [2.24, 2.45) is 0 Å². The van der Waals surface area contributed by atoms with E-state index in [9.17, 15) is 29.4 Å². The third kappa shape index (κ3) is 5.53. The van der Waals surface area contributed by atoms with Crippen molar-refractivity contribution in [3.8, 4) is 0 Å². The van der Waals surface area contributed by atoms with Gasteiger partial charge in [0.15, 0.2) is 0 Å². The number of anilines is 1. The molecule has 9 heteroatoms. The van der Waals surface area contributed by atoms with Crippen LogP contribution in [-0.2, 0) is 13.1 Å². The van der Waals surface area contributed by atoms with Gasteiger partial charge >= 0.3 is 23.9 Å². The average molecular weight is 449 g/mol. The molecular formula is C24H19NO8. The highest BCUT2D eigenvalue weighted by Gasteiger charge is 2.20. The summed E-state index contributed by atoms with van der Waals surface area (Å²) in [6.45, 7) is 0.286. The fourth-order valence-corrected chi connectivity index (χ4v) is 3.28. The second-order valence-corrected chi connectivity index (χ2v) is 7.20. The number of carboxylic acid groups (broad SMARTS) is 4. The Morgan fingerprint density at radius 3 is 1.30 bits per heavy atom. The molecule has 0 aliphatic carbocycles. The van der Waals surface area contributed by atoms with Crippen LogP contribution in [0.5, 0.6) is 0 Å². The molecule has 0 unspecified atom stereocenters. The Morgan fingerprint density at radius 1 is 0.545 bits per heavy atom. The van der Waals surface area contributed by atoms with Gasteiger partial charge in [-0.05, 0) is 53.6 Å². The SMILES string of the molecule is O=C(O)c1ccc(CN(Cc2ccc(C(=O)O)cc2)c2cc(C(=O)O)ccc2C(=O)O)cc1. The van der Waals surface area contributed by atoms with Crippen molar-refractivity contribution in [3.63, 3.8) is 0 Å². The van der Waals surface area contributed by atoms with E-state index in [1.807, 2.05) is 0 Å². The molecule has 0 amide bonds. The maximum absolute atomic E-state index is 11.8. The molecule has 33 heavy (non-hydrogen) atoms. The summed E-state index contributed by atoms with van der Waals surface area (Å²) in [6.07, 6.45) is 0. The normalized spacial score (nSPS) is 10.4. The maximum atomic E-state index is 11.8. The third-order valence-electron chi connectivity index (χ3n) is 4.96. The summed E-state index contributed by atoms with van der Waals surface area (Å²) in [6, 6.07) is 15.7. The highest BCUT2D eigenvalue weighted by Crippen LogP contribution is 2.27. The molecule has 9 nitrogen and oxygen atoms in total. The molecule has 0 spiro atoms. The van der Waals surface area contributed by atoms with Gasteiger partial charge < -0.3 is 25.3 Å². The van der Waals surface area contributed by atoms with Crippen LogP contribution in [-0.4, -0.2) is 44.3 Å². The molecule has 3 aromatic rings. The minimum absolute atomic E-state index is 0.0914. The van der Waals surface area contributed by atoms with E-state index in [1.54, 1.807) is 29.2 Å². The molecule has 0 fully saturated rings. The summed E-state index contributed by atoms with van der Waals surface area (Å²) in [5.41, 5.74) is 1.47. The second kappa shape index (κ2) is 9.65. The molecular weight excluding hydrogens is 430 g/mol. The Labute approximate surface area is 187 Å². The Kier molecular flexibility index (Phi) is 6.73. The summed E-state index contributed by atoms with van der Waals surface area (Å²) < 4.78 is 0. The van der Waals surface area contributed by atoms with Crippen LogP contribution in [0.15, 0.2) is 66.7 Å². The molecule has 0 radical (unpaired) electrons. The summed E-state index contributed by atoms with van der Waals surface area (Å²) in [5.74, 6) is -4.63. The minimum Gasteiger partial charge on any atom is -0.478 e. The fraction of sp³-hybridized carbons (Fsp3) is 0.0833. The highest BCUT2D eigenvalue weighted by molar-refractivity contribution is 5.98. The Hall–Kier alpha value is -4.66. The number of rotatable bonds is 9. The van der Waals surface area contributed by atoms with Gasteiger partial charge in [-0.3, -0.25) is 0 Å². The average Bonchev–Trinajstić information content (AvgIpc) is 2.78. The van der Waals surface area contributed by atoms with E-state index < -0.39 is 23.9 Å². The van der Waals surface area contributed by atoms with E-state index in [0.717, 1.165) is 0 Å². The van der Waals surface area contributed by atoms with E-state index >= 15 is 0 Å². The van der Waals surface area contributed by atoms with Gasteiger partial charge in [-0.15, -0.1) is 0 Å². The van der Waals surface area contributed by atoms with Crippen molar-refractivity contribution >= 4 is 29.6 Å². The molecule has 168 valence electrons. The molecule has 0 aliphatic rings. The molecule has 0 aliphatic heterocycles. The lowest BCUT2D eigenvalue weighted by molar-refractivity contribution is 0.0681. The van der Waals surface area contributed by atoms with E-state index in [2.05, 4.69) is 0 Å². The summed E-state index contributed by atoms with van der Waals surface area (Å²) in [4.78, 5) is 47.2. The van der Waals surface area contributed by atoms with Gasteiger partial charge in [0.05, 0.1) is 27.9 Å². The lowest BCUT2D eigenvalue weighted by Crippen LogP contribution is -2.25. The lowest BCUT2D eigenvalue weighted by Gasteiger charge is -2.27. The smallest absolute Gasteiger partial charge is 0.337 e. The van der Waals surface area contributed by atoms with E-state index in [1.165, 1.54) is 42.5 Å². The Bertz CT molecular complexity index is 1160. The molecule has 0 saturated heterocycles. The number of hydrogen-bond donors (Lipinski definition) is 4. The topological polar surface area (TPSA) is 152 Å². The third-order valence-corrected chi connectivity index (χ3v) is 4.96. The number of nitrogens with zero attached hydrogens (tertiary/aromatic N) is 1. The first-order valence-electron chi connectivity index (χ1n) is 9.65. The van der Waals surface area contributed by atoms with Crippen LogP contribution in [0, 0.1) is 0 Å². The Morgan fingerprint density at radius 2 is 0.939 bits per heavy atom. The zero-order valence-electron chi connectivity index (χ0n) is 17.1. The summed E-state index contributed by atoms with van der Waals surface area (Å²) >= 11 is 0. The van der Waals surface area contributed by atoms with Crippen LogP contribution < -0.4 is 4.90 Å². The first kappa shape index (κ1) is 23.0. The summed E-state index contributed by atoms with van der Waals surface area (Å²) in [5, 5.41) is 37.3. The molecule has 3 aromatic carbocycles. The molecule has 3 rings (SSSR count). The van der Waals surface area contributed by atoms with Crippen molar-refractivity contribution in [1.29, 1.82) is 0 Å². The molecule has 0 aromatic heterocycles. The van der Waals surface area contributed by atoms with Crippen LogP contribution in [0.25, 0.3) is 0 Å².